The standard InChI is InChI=1S/C14H23FN4/c1-10(2)18-14(16)17-9-13(19(3)4)11-6-5-7-12(15)8-11/h5-8,10,13H,9H2,1-4H3,(H3,16,17,18). The van der Waals surface area contributed by atoms with E-state index in [1.54, 1.807) is 6.07 Å². The van der Waals surface area contributed by atoms with Gasteiger partial charge in [-0.05, 0) is 45.6 Å². The number of likely N-dealkylation sites (N-methyl/N-ethyl adjacent to an activating group) is 1. The molecule has 0 heterocycles. The van der Waals surface area contributed by atoms with Crippen LogP contribution >= 0.6 is 0 Å². The SMILES string of the molecule is CC(C)NC(N)=NCC(c1cccc(F)c1)N(C)C. The molecule has 0 spiro atoms. The van der Waals surface area contributed by atoms with Crippen LogP contribution in [-0.2, 0) is 0 Å². The maximum atomic E-state index is 13.3. The minimum atomic E-state index is -0.235. The van der Waals surface area contributed by atoms with E-state index in [1.165, 1.54) is 12.1 Å². The molecule has 5 heteroatoms. The van der Waals surface area contributed by atoms with E-state index in [0.29, 0.717) is 12.5 Å². The lowest BCUT2D eigenvalue weighted by molar-refractivity contribution is 0.305. The monoisotopic (exact) mass is 266 g/mol. The van der Waals surface area contributed by atoms with Gasteiger partial charge in [0.2, 0.25) is 0 Å². The Balaban J connectivity index is 2.79. The van der Waals surface area contributed by atoms with E-state index in [0.717, 1.165) is 5.56 Å². The van der Waals surface area contributed by atoms with Crippen LogP contribution in [0.3, 0.4) is 0 Å². The van der Waals surface area contributed by atoms with Crippen LogP contribution in [0.15, 0.2) is 29.3 Å². The van der Waals surface area contributed by atoms with Crippen LogP contribution in [0.1, 0.15) is 25.5 Å². The molecular formula is C14H23FN4. The van der Waals surface area contributed by atoms with Gasteiger partial charge in [0.05, 0.1) is 12.6 Å². The first-order valence-corrected chi connectivity index (χ1v) is 6.38. The highest BCUT2D eigenvalue weighted by atomic mass is 19.1. The number of hydrogen-bond acceptors (Lipinski definition) is 2. The second-order valence-electron chi connectivity index (χ2n) is 5.06. The van der Waals surface area contributed by atoms with Gasteiger partial charge >= 0.3 is 0 Å². The summed E-state index contributed by atoms with van der Waals surface area (Å²) in [7, 11) is 3.88. The highest BCUT2D eigenvalue weighted by Crippen LogP contribution is 2.19. The molecule has 1 aromatic carbocycles. The fourth-order valence-electron chi connectivity index (χ4n) is 1.81. The molecule has 0 saturated heterocycles. The average molecular weight is 266 g/mol. The van der Waals surface area contributed by atoms with Crippen LogP contribution < -0.4 is 11.1 Å². The second-order valence-corrected chi connectivity index (χ2v) is 5.06. The highest BCUT2D eigenvalue weighted by Gasteiger charge is 2.14. The van der Waals surface area contributed by atoms with Gasteiger partial charge in [-0.15, -0.1) is 0 Å². The molecule has 0 aromatic heterocycles. The maximum absolute atomic E-state index is 13.3. The lowest BCUT2D eigenvalue weighted by Crippen LogP contribution is -2.37. The number of aliphatic imine (C=N–C) groups is 1. The molecule has 0 bridgehead atoms. The summed E-state index contributed by atoms with van der Waals surface area (Å²) in [6.07, 6.45) is 0. The van der Waals surface area contributed by atoms with E-state index in [-0.39, 0.29) is 17.9 Å². The number of guanidine groups is 1. The summed E-state index contributed by atoms with van der Waals surface area (Å²) >= 11 is 0. The van der Waals surface area contributed by atoms with E-state index in [2.05, 4.69) is 10.3 Å². The molecule has 1 unspecified atom stereocenters. The van der Waals surface area contributed by atoms with Crippen molar-refractivity contribution in [1.29, 1.82) is 0 Å². The smallest absolute Gasteiger partial charge is 0.188 e. The van der Waals surface area contributed by atoms with Crippen molar-refractivity contribution in [3.8, 4) is 0 Å². The summed E-state index contributed by atoms with van der Waals surface area (Å²) in [5, 5.41) is 3.04. The summed E-state index contributed by atoms with van der Waals surface area (Å²) in [5.74, 6) is 0.180. The largest absolute Gasteiger partial charge is 0.370 e. The molecule has 1 aromatic rings. The van der Waals surface area contributed by atoms with Crippen molar-refractivity contribution in [3.05, 3.63) is 35.6 Å². The number of hydrogen-bond donors (Lipinski definition) is 2. The number of benzene rings is 1. The van der Waals surface area contributed by atoms with Gasteiger partial charge in [0.15, 0.2) is 5.96 Å². The Labute approximate surface area is 114 Å². The fraction of sp³-hybridized carbons (Fsp3) is 0.500. The predicted octanol–water partition coefficient (Wildman–Crippen LogP) is 1.74. The molecule has 0 fully saturated rings. The van der Waals surface area contributed by atoms with Crippen LogP contribution in [0.5, 0.6) is 0 Å². The van der Waals surface area contributed by atoms with Gasteiger partial charge in [0.1, 0.15) is 5.82 Å². The Hall–Kier alpha value is -1.62. The lowest BCUT2D eigenvalue weighted by Gasteiger charge is -2.23. The van der Waals surface area contributed by atoms with Crippen LogP contribution in [0, 0.1) is 5.82 Å². The van der Waals surface area contributed by atoms with Gasteiger partial charge in [-0.1, -0.05) is 12.1 Å². The quantitative estimate of drug-likeness (QED) is 0.630. The van der Waals surface area contributed by atoms with Gasteiger partial charge < -0.3 is 16.0 Å². The number of rotatable bonds is 5. The third-order valence-electron chi connectivity index (χ3n) is 2.73. The van der Waals surface area contributed by atoms with Crippen molar-refractivity contribution in [3.63, 3.8) is 0 Å². The van der Waals surface area contributed by atoms with Gasteiger partial charge in [-0.3, -0.25) is 4.99 Å². The molecule has 0 aliphatic carbocycles. The highest BCUT2D eigenvalue weighted by molar-refractivity contribution is 5.78. The molecule has 0 saturated carbocycles. The number of nitrogens with two attached hydrogens (primary N) is 1. The number of halogens is 1. The number of nitrogens with one attached hydrogen (secondary N) is 1. The number of nitrogens with zero attached hydrogens (tertiary/aromatic N) is 2. The Morgan fingerprint density at radius 1 is 1.42 bits per heavy atom. The Kier molecular flexibility index (Phi) is 5.76. The van der Waals surface area contributed by atoms with Crippen molar-refractivity contribution < 1.29 is 4.39 Å². The predicted molar refractivity (Wildman–Crippen MR) is 77.6 cm³/mol. The van der Waals surface area contributed by atoms with Gasteiger partial charge in [0.25, 0.3) is 0 Å². The third-order valence-corrected chi connectivity index (χ3v) is 2.73. The molecule has 0 aliphatic rings. The van der Waals surface area contributed by atoms with Crippen molar-refractivity contribution >= 4 is 5.96 Å². The molecule has 106 valence electrons. The second kappa shape index (κ2) is 7.09. The van der Waals surface area contributed by atoms with E-state index >= 15 is 0 Å². The van der Waals surface area contributed by atoms with Gasteiger partial charge in [0, 0.05) is 6.04 Å². The Morgan fingerprint density at radius 3 is 2.63 bits per heavy atom. The summed E-state index contributed by atoms with van der Waals surface area (Å²) in [5.41, 5.74) is 6.67. The average Bonchev–Trinajstić information content (AvgIpc) is 2.27. The fourth-order valence-corrected chi connectivity index (χ4v) is 1.81. The summed E-state index contributed by atoms with van der Waals surface area (Å²) in [6, 6.07) is 6.83. The van der Waals surface area contributed by atoms with Crippen LogP contribution in [0.4, 0.5) is 4.39 Å². The first kappa shape index (κ1) is 15.4. The molecule has 1 atom stereocenters. The Bertz CT molecular complexity index is 429. The molecular weight excluding hydrogens is 243 g/mol. The van der Waals surface area contributed by atoms with Crippen molar-refractivity contribution in [1.82, 2.24) is 10.2 Å². The van der Waals surface area contributed by atoms with Crippen LogP contribution in [0.25, 0.3) is 0 Å². The molecule has 19 heavy (non-hydrogen) atoms. The summed E-state index contributed by atoms with van der Waals surface area (Å²) < 4.78 is 13.3. The summed E-state index contributed by atoms with van der Waals surface area (Å²) in [4.78, 5) is 6.31. The van der Waals surface area contributed by atoms with E-state index in [9.17, 15) is 4.39 Å². The van der Waals surface area contributed by atoms with Gasteiger partial charge in [-0.2, -0.15) is 0 Å². The zero-order valence-corrected chi connectivity index (χ0v) is 12.0. The molecule has 1 rings (SSSR count). The zero-order valence-electron chi connectivity index (χ0n) is 12.0. The molecule has 0 radical (unpaired) electrons. The first-order chi connectivity index (χ1) is 8.90. The maximum Gasteiger partial charge on any atom is 0.188 e. The minimum absolute atomic E-state index is 0.00297. The van der Waals surface area contributed by atoms with Crippen molar-refractivity contribution in [2.45, 2.75) is 25.9 Å². The van der Waals surface area contributed by atoms with Crippen molar-refractivity contribution in [2.75, 3.05) is 20.6 Å². The van der Waals surface area contributed by atoms with E-state index < -0.39 is 0 Å². The van der Waals surface area contributed by atoms with Crippen molar-refractivity contribution in [2.24, 2.45) is 10.7 Å². The molecule has 0 amide bonds. The molecule has 3 N–H and O–H groups in total. The Morgan fingerprint density at radius 2 is 2.11 bits per heavy atom. The van der Waals surface area contributed by atoms with E-state index in [4.69, 9.17) is 5.73 Å². The third kappa shape index (κ3) is 5.26. The lowest BCUT2D eigenvalue weighted by atomic mass is 10.1. The normalized spacial score (nSPS) is 13.9. The minimum Gasteiger partial charge on any atom is -0.370 e. The molecule has 4 nitrogen and oxygen atoms in total. The van der Waals surface area contributed by atoms with Gasteiger partial charge in [-0.25, -0.2) is 4.39 Å². The van der Waals surface area contributed by atoms with Crippen LogP contribution in [-0.4, -0.2) is 37.5 Å². The topological polar surface area (TPSA) is 53.6 Å². The first-order valence-electron chi connectivity index (χ1n) is 6.38. The van der Waals surface area contributed by atoms with E-state index in [1.807, 2.05) is 38.9 Å². The molecule has 0 aliphatic heterocycles. The zero-order chi connectivity index (χ0) is 14.4. The summed E-state index contributed by atoms with van der Waals surface area (Å²) in [6.45, 7) is 4.48. The van der Waals surface area contributed by atoms with Crippen LogP contribution in [0.2, 0.25) is 0 Å².